The van der Waals surface area contributed by atoms with Gasteiger partial charge in [-0.05, 0) is 10.9 Å². The lowest BCUT2D eigenvalue weighted by atomic mass is 10.2. The zero-order chi connectivity index (χ0) is 14.1. The predicted octanol–water partition coefficient (Wildman–Crippen LogP) is 2.53. The predicted molar refractivity (Wildman–Crippen MR) is 62.2 cm³/mol. The van der Waals surface area contributed by atoms with E-state index in [2.05, 4.69) is 9.97 Å². The summed E-state index contributed by atoms with van der Waals surface area (Å²) in [6.07, 6.45) is -1.10. The van der Waals surface area contributed by atoms with E-state index in [0.29, 0.717) is 0 Å². The molecule has 0 radical (unpaired) electrons. The Hall–Kier alpha value is -1.48. The first-order chi connectivity index (χ1) is 8.81. The summed E-state index contributed by atoms with van der Waals surface area (Å²) in [6.45, 7) is 0. The zero-order valence-corrected chi connectivity index (χ0v) is 10.9. The van der Waals surface area contributed by atoms with Gasteiger partial charge in [0, 0.05) is 17.8 Å². The van der Waals surface area contributed by atoms with Crippen molar-refractivity contribution in [1.29, 1.82) is 0 Å². The molecule has 2 aromatic rings. The molecule has 0 amide bonds. The third kappa shape index (κ3) is 3.10. The van der Waals surface area contributed by atoms with Gasteiger partial charge in [-0.25, -0.2) is 13.4 Å². The number of thiophene rings is 1. The molecule has 0 aliphatic heterocycles. The smallest absolute Gasteiger partial charge is 0.260 e. The van der Waals surface area contributed by atoms with Crippen LogP contribution in [0.3, 0.4) is 0 Å². The van der Waals surface area contributed by atoms with Crippen molar-refractivity contribution in [2.45, 2.75) is 17.0 Å². The first kappa shape index (κ1) is 13.9. The molecule has 19 heavy (non-hydrogen) atoms. The van der Waals surface area contributed by atoms with E-state index in [1.165, 1.54) is 17.8 Å². The molecule has 0 unspecified atom stereocenters. The maximum Gasteiger partial charge on any atom is 0.417 e. The maximum absolute atomic E-state index is 12.6. The van der Waals surface area contributed by atoms with E-state index in [9.17, 15) is 21.6 Å². The zero-order valence-electron chi connectivity index (χ0n) is 9.26. The molecule has 0 fully saturated rings. The molecule has 2 aromatic heterocycles. The Morgan fingerprint density at radius 3 is 2.53 bits per heavy atom. The van der Waals surface area contributed by atoms with Gasteiger partial charge in [-0.1, -0.05) is 0 Å². The van der Waals surface area contributed by atoms with E-state index in [-0.39, 0.29) is 10.6 Å². The second-order valence-electron chi connectivity index (χ2n) is 3.61. The summed E-state index contributed by atoms with van der Waals surface area (Å²) in [4.78, 5) is 7.18. The van der Waals surface area contributed by atoms with Crippen LogP contribution in [0.5, 0.6) is 0 Å². The molecule has 0 atom stereocenters. The molecule has 0 saturated carbocycles. The molecule has 2 rings (SSSR count). The van der Waals surface area contributed by atoms with Gasteiger partial charge in [-0.2, -0.15) is 24.5 Å². The maximum atomic E-state index is 12.6. The van der Waals surface area contributed by atoms with Crippen molar-refractivity contribution in [3.05, 3.63) is 40.5 Å². The lowest BCUT2D eigenvalue weighted by Crippen LogP contribution is -2.12. The van der Waals surface area contributed by atoms with E-state index in [1.54, 1.807) is 0 Å². The Morgan fingerprint density at radius 2 is 1.95 bits per heavy atom. The first-order valence-electron chi connectivity index (χ1n) is 4.92. The van der Waals surface area contributed by atoms with Crippen molar-refractivity contribution >= 4 is 21.2 Å². The molecule has 0 saturated heterocycles. The summed E-state index contributed by atoms with van der Waals surface area (Å²) in [5.74, 6) is -0.746. The second kappa shape index (κ2) is 4.89. The summed E-state index contributed by atoms with van der Waals surface area (Å²) in [7, 11) is -3.93. The topological polar surface area (TPSA) is 59.9 Å². The number of sulfone groups is 1. The van der Waals surface area contributed by atoms with Gasteiger partial charge >= 0.3 is 6.18 Å². The van der Waals surface area contributed by atoms with Crippen molar-refractivity contribution < 1.29 is 21.6 Å². The molecule has 4 nitrogen and oxygen atoms in total. The highest BCUT2D eigenvalue weighted by Crippen LogP contribution is 2.35. The van der Waals surface area contributed by atoms with Crippen molar-refractivity contribution in [3.8, 4) is 0 Å². The number of halogens is 3. The van der Waals surface area contributed by atoms with Crippen molar-refractivity contribution in [2.24, 2.45) is 0 Å². The van der Waals surface area contributed by atoms with Gasteiger partial charge < -0.3 is 0 Å². The quantitative estimate of drug-likeness (QED) is 0.874. The van der Waals surface area contributed by atoms with Crippen LogP contribution in [-0.2, 0) is 21.8 Å². The van der Waals surface area contributed by atoms with Gasteiger partial charge in [0.25, 0.3) is 0 Å². The summed E-state index contributed by atoms with van der Waals surface area (Å²) in [5, 5.41) is 1.73. The number of aromatic nitrogens is 2. The van der Waals surface area contributed by atoms with E-state index in [1.807, 2.05) is 0 Å². The van der Waals surface area contributed by atoms with Gasteiger partial charge in [-0.15, -0.1) is 0 Å². The lowest BCUT2D eigenvalue weighted by molar-refractivity contribution is -0.137. The molecule has 0 spiro atoms. The Balaban J connectivity index is 2.35. The normalized spacial score (nSPS) is 12.6. The van der Waals surface area contributed by atoms with E-state index < -0.39 is 27.3 Å². The molecule has 0 aromatic carbocycles. The largest absolute Gasteiger partial charge is 0.417 e. The van der Waals surface area contributed by atoms with Crippen LogP contribution in [-0.4, -0.2) is 18.4 Å². The molecule has 102 valence electrons. The highest BCUT2D eigenvalue weighted by Gasteiger charge is 2.35. The van der Waals surface area contributed by atoms with E-state index >= 15 is 0 Å². The number of alkyl halides is 3. The summed E-state index contributed by atoms with van der Waals surface area (Å²) >= 11 is 0.808. The second-order valence-corrected chi connectivity index (χ2v) is 6.29. The number of hydrogen-bond acceptors (Lipinski definition) is 5. The summed E-state index contributed by atoms with van der Waals surface area (Å²) < 4.78 is 61.8. The number of hydrogen-bond donors (Lipinski definition) is 0. The minimum atomic E-state index is -4.56. The molecular formula is C10H7F3N2O2S2. The van der Waals surface area contributed by atoms with Gasteiger partial charge in [0.2, 0.25) is 9.84 Å². The Bertz CT molecular complexity index is 666. The monoisotopic (exact) mass is 308 g/mol. The van der Waals surface area contributed by atoms with Crippen LogP contribution in [0.15, 0.2) is 34.4 Å². The molecular weight excluding hydrogens is 301 g/mol. The van der Waals surface area contributed by atoms with Gasteiger partial charge in [-0.3, -0.25) is 4.98 Å². The van der Waals surface area contributed by atoms with Crippen LogP contribution < -0.4 is 0 Å². The number of rotatable bonds is 3. The highest BCUT2D eigenvalue weighted by atomic mass is 32.2. The Morgan fingerprint density at radius 1 is 1.21 bits per heavy atom. The molecule has 2 heterocycles. The SMILES string of the molecule is O=S(=O)(Cc1cscc1C(F)(F)F)c1cnccn1. The standard InChI is InChI=1S/C10H7F3N2O2S2/c11-10(12,13)8-5-18-4-7(8)6-19(16,17)9-3-14-1-2-15-9/h1-5H,6H2. The van der Waals surface area contributed by atoms with E-state index in [0.717, 1.165) is 22.9 Å². The molecule has 0 aliphatic rings. The Kier molecular flexibility index (Phi) is 3.59. The van der Waals surface area contributed by atoms with Crippen LogP contribution in [0.1, 0.15) is 11.1 Å². The van der Waals surface area contributed by atoms with Crippen LogP contribution >= 0.6 is 11.3 Å². The fraction of sp³-hybridized carbons (Fsp3) is 0.200. The minimum Gasteiger partial charge on any atom is -0.260 e. The van der Waals surface area contributed by atoms with E-state index in [4.69, 9.17) is 0 Å². The summed E-state index contributed by atoms with van der Waals surface area (Å²) in [5.41, 5.74) is -1.20. The molecule has 0 aliphatic carbocycles. The van der Waals surface area contributed by atoms with Gasteiger partial charge in [0.15, 0.2) is 5.03 Å². The fourth-order valence-electron chi connectivity index (χ4n) is 1.41. The fourth-order valence-corrected chi connectivity index (χ4v) is 3.62. The minimum absolute atomic E-state index is 0.275. The van der Waals surface area contributed by atoms with Crippen molar-refractivity contribution in [1.82, 2.24) is 9.97 Å². The molecule has 0 bridgehead atoms. The van der Waals surface area contributed by atoms with Gasteiger partial charge in [0.05, 0.1) is 17.5 Å². The van der Waals surface area contributed by atoms with Crippen molar-refractivity contribution in [3.63, 3.8) is 0 Å². The third-order valence-electron chi connectivity index (χ3n) is 2.25. The average molecular weight is 308 g/mol. The van der Waals surface area contributed by atoms with Crippen LogP contribution in [0, 0.1) is 0 Å². The van der Waals surface area contributed by atoms with Crippen LogP contribution in [0.4, 0.5) is 13.2 Å². The first-order valence-corrected chi connectivity index (χ1v) is 7.51. The number of nitrogens with zero attached hydrogens (tertiary/aromatic N) is 2. The Labute approximate surface area is 110 Å². The third-order valence-corrected chi connectivity index (χ3v) is 4.58. The highest BCUT2D eigenvalue weighted by molar-refractivity contribution is 7.90. The average Bonchev–Trinajstić information content (AvgIpc) is 2.77. The van der Waals surface area contributed by atoms with Gasteiger partial charge in [0.1, 0.15) is 0 Å². The lowest BCUT2D eigenvalue weighted by Gasteiger charge is -2.08. The molecule has 0 N–H and O–H groups in total. The van der Waals surface area contributed by atoms with Crippen molar-refractivity contribution in [2.75, 3.05) is 0 Å². The molecule has 9 heteroatoms. The summed E-state index contributed by atoms with van der Waals surface area (Å²) in [6, 6.07) is 0. The van der Waals surface area contributed by atoms with Crippen LogP contribution in [0.25, 0.3) is 0 Å². The van der Waals surface area contributed by atoms with Crippen LogP contribution in [0.2, 0.25) is 0 Å².